The number of amides is 1. The Labute approximate surface area is 174 Å². The van der Waals surface area contributed by atoms with Gasteiger partial charge in [-0.1, -0.05) is 55.4 Å². The molecule has 0 N–H and O–H groups in total. The van der Waals surface area contributed by atoms with Crippen molar-refractivity contribution in [3.63, 3.8) is 0 Å². The van der Waals surface area contributed by atoms with Crippen molar-refractivity contribution in [3.05, 3.63) is 65.5 Å². The molecule has 0 aliphatic rings. The number of halogens is 1. The molecule has 3 aromatic rings. The van der Waals surface area contributed by atoms with Crippen LogP contribution in [-0.4, -0.2) is 43.8 Å². The van der Waals surface area contributed by atoms with Crippen LogP contribution in [0, 0.1) is 5.82 Å². The smallest absolute Gasteiger partial charge is 0.233 e. The molecular weight excluding hydrogens is 389 g/mol. The summed E-state index contributed by atoms with van der Waals surface area (Å²) in [4.78, 5) is 14.0. The Hall–Kier alpha value is -2.74. The molecule has 0 saturated heterocycles. The summed E-state index contributed by atoms with van der Waals surface area (Å²) in [5.41, 5.74) is 2.62. The van der Waals surface area contributed by atoms with E-state index in [1.165, 1.54) is 28.3 Å². The largest absolute Gasteiger partial charge is 0.341 e. The van der Waals surface area contributed by atoms with Gasteiger partial charge in [0.05, 0.1) is 11.4 Å². The van der Waals surface area contributed by atoms with E-state index in [1.54, 1.807) is 29.9 Å². The topological polar surface area (TPSA) is 63.9 Å². The fourth-order valence-electron chi connectivity index (χ4n) is 2.82. The third-order valence-electron chi connectivity index (χ3n) is 4.56. The number of carbonyl (C=O) groups is 1. The molecule has 8 heteroatoms. The maximum absolute atomic E-state index is 13.8. The van der Waals surface area contributed by atoms with Crippen LogP contribution in [0.5, 0.6) is 0 Å². The van der Waals surface area contributed by atoms with Crippen molar-refractivity contribution in [1.29, 1.82) is 0 Å². The number of hydrogen-bond acceptors (Lipinski definition) is 5. The molecule has 29 heavy (non-hydrogen) atoms. The standard InChI is InChI=1S/C21H24FN5OS/c1-3-4-7-16-10-12-18(13-11-16)27-21(23-24-25-27)29-15-20(28)26(2)14-17-8-5-6-9-19(17)22/h5-6,8-13H,3-4,7,14-15H2,1-2H3. The Bertz CT molecular complexity index is 944. The Morgan fingerprint density at radius 2 is 1.93 bits per heavy atom. The van der Waals surface area contributed by atoms with Crippen molar-refractivity contribution < 1.29 is 9.18 Å². The van der Waals surface area contributed by atoms with Crippen molar-refractivity contribution in [3.8, 4) is 5.69 Å². The van der Waals surface area contributed by atoms with E-state index >= 15 is 0 Å². The van der Waals surface area contributed by atoms with Crippen LogP contribution in [-0.2, 0) is 17.8 Å². The first kappa shape index (κ1) is 21.0. The predicted molar refractivity (Wildman–Crippen MR) is 111 cm³/mol. The molecule has 6 nitrogen and oxygen atoms in total. The number of hydrogen-bond donors (Lipinski definition) is 0. The molecule has 0 bridgehead atoms. The summed E-state index contributed by atoms with van der Waals surface area (Å²) in [6.45, 7) is 2.39. The van der Waals surface area contributed by atoms with Gasteiger partial charge in [0.15, 0.2) is 0 Å². The van der Waals surface area contributed by atoms with Gasteiger partial charge in [-0.3, -0.25) is 4.79 Å². The van der Waals surface area contributed by atoms with Gasteiger partial charge in [0.2, 0.25) is 11.1 Å². The van der Waals surface area contributed by atoms with E-state index in [0.717, 1.165) is 24.9 Å². The average Bonchev–Trinajstić information content (AvgIpc) is 3.21. The molecule has 0 atom stereocenters. The molecule has 0 saturated carbocycles. The third-order valence-corrected chi connectivity index (χ3v) is 5.46. The number of nitrogens with zero attached hydrogens (tertiary/aromatic N) is 5. The minimum absolute atomic E-state index is 0.122. The first-order valence-corrected chi connectivity index (χ1v) is 10.5. The second-order valence-corrected chi connectivity index (χ2v) is 7.72. The van der Waals surface area contributed by atoms with Crippen molar-refractivity contribution >= 4 is 17.7 Å². The van der Waals surface area contributed by atoms with Gasteiger partial charge in [0.1, 0.15) is 5.82 Å². The van der Waals surface area contributed by atoms with Crippen LogP contribution in [0.25, 0.3) is 5.69 Å². The molecule has 0 aliphatic carbocycles. The zero-order chi connectivity index (χ0) is 20.6. The van der Waals surface area contributed by atoms with Crippen molar-refractivity contribution in [1.82, 2.24) is 25.1 Å². The van der Waals surface area contributed by atoms with Gasteiger partial charge in [-0.2, -0.15) is 4.68 Å². The molecule has 0 spiro atoms. The summed E-state index contributed by atoms with van der Waals surface area (Å²) in [7, 11) is 1.66. The highest BCUT2D eigenvalue weighted by Crippen LogP contribution is 2.20. The number of benzene rings is 2. The second-order valence-electron chi connectivity index (χ2n) is 6.77. The van der Waals surface area contributed by atoms with Gasteiger partial charge < -0.3 is 4.90 Å². The molecule has 0 radical (unpaired) electrons. The van der Waals surface area contributed by atoms with Gasteiger partial charge in [-0.15, -0.1) is 5.10 Å². The lowest BCUT2D eigenvalue weighted by Crippen LogP contribution is -2.28. The molecule has 0 unspecified atom stereocenters. The summed E-state index contributed by atoms with van der Waals surface area (Å²) in [6.07, 6.45) is 3.37. The minimum Gasteiger partial charge on any atom is -0.341 e. The Morgan fingerprint density at radius 3 is 2.66 bits per heavy atom. The molecule has 0 aliphatic heterocycles. The average molecular weight is 414 g/mol. The predicted octanol–water partition coefficient (Wildman–Crippen LogP) is 3.89. The third kappa shape index (κ3) is 5.63. The van der Waals surface area contributed by atoms with E-state index in [9.17, 15) is 9.18 Å². The molecule has 1 heterocycles. The summed E-state index contributed by atoms with van der Waals surface area (Å²) in [5.74, 6) is -0.270. The highest BCUT2D eigenvalue weighted by atomic mass is 32.2. The van der Waals surface area contributed by atoms with Crippen LogP contribution in [0.15, 0.2) is 53.7 Å². The first-order valence-electron chi connectivity index (χ1n) is 9.56. The monoisotopic (exact) mass is 413 g/mol. The van der Waals surface area contributed by atoms with Gasteiger partial charge >= 0.3 is 0 Å². The number of aromatic nitrogens is 4. The molecule has 1 amide bonds. The summed E-state index contributed by atoms with van der Waals surface area (Å²) in [5, 5.41) is 12.3. The lowest BCUT2D eigenvalue weighted by molar-refractivity contribution is -0.127. The fraction of sp³-hybridized carbons (Fsp3) is 0.333. The number of unbranched alkanes of at least 4 members (excludes halogenated alkanes) is 1. The highest BCUT2D eigenvalue weighted by molar-refractivity contribution is 7.99. The summed E-state index contributed by atoms with van der Waals surface area (Å²) in [6, 6.07) is 14.6. The number of carbonyl (C=O) groups excluding carboxylic acids is 1. The lowest BCUT2D eigenvalue weighted by Gasteiger charge is -2.17. The lowest BCUT2D eigenvalue weighted by atomic mass is 10.1. The maximum atomic E-state index is 13.8. The molecular formula is C21H24FN5OS. The van der Waals surface area contributed by atoms with E-state index in [4.69, 9.17) is 0 Å². The van der Waals surface area contributed by atoms with Crippen molar-refractivity contribution in [2.45, 2.75) is 37.9 Å². The molecule has 0 fully saturated rings. The highest BCUT2D eigenvalue weighted by Gasteiger charge is 2.15. The number of thioether (sulfide) groups is 1. The van der Waals surface area contributed by atoms with E-state index < -0.39 is 0 Å². The van der Waals surface area contributed by atoms with Gasteiger partial charge in [0.25, 0.3) is 0 Å². The van der Waals surface area contributed by atoms with Crippen LogP contribution < -0.4 is 0 Å². The molecule has 1 aromatic heterocycles. The number of rotatable bonds is 9. The van der Waals surface area contributed by atoms with E-state index in [1.807, 2.05) is 12.1 Å². The first-order chi connectivity index (χ1) is 14.1. The minimum atomic E-state index is -0.314. The normalized spacial score (nSPS) is 10.9. The van der Waals surface area contributed by atoms with Crippen LogP contribution in [0.2, 0.25) is 0 Å². The van der Waals surface area contributed by atoms with Gasteiger partial charge in [0, 0.05) is 19.2 Å². The molecule has 152 valence electrons. The quantitative estimate of drug-likeness (QED) is 0.498. The zero-order valence-electron chi connectivity index (χ0n) is 16.6. The Kier molecular flexibility index (Phi) is 7.35. The van der Waals surface area contributed by atoms with Crippen molar-refractivity contribution in [2.75, 3.05) is 12.8 Å². The van der Waals surface area contributed by atoms with Crippen molar-refractivity contribution in [2.24, 2.45) is 0 Å². The van der Waals surface area contributed by atoms with Gasteiger partial charge in [-0.25, -0.2) is 4.39 Å². The zero-order valence-corrected chi connectivity index (χ0v) is 17.4. The Balaban J connectivity index is 1.60. The Morgan fingerprint density at radius 1 is 1.17 bits per heavy atom. The SMILES string of the molecule is CCCCc1ccc(-n2nnnc2SCC(=O)N(C)Cc2ccccc2F)cc1. The molecule has 2 aromatic carbocycles. The summed E-state index contributed by atoms with van der Waals surface area (Å²) >= 11 is 1.26. The van der Waals surface area contributed by atoms with Crippen LogP contribution in [0.1, 0.15) is 30.9 Å². The maximum Gasteiger partial charge on any atom is 0.233 e. The van der Waals surface area contributed by atoms with Gasteiger partial charge in [-0.05, 0) is 47.0 Å². The van der Waals surface area contributed by atoms with E-state index in [2.05, 4.69) is 34.6 Å². The number of aryl methyl sites for hydroxylation is 1. The summed E-state index contributed by atoms with van der Waals surface area (Å²) < 4.78 is 15.4. The second kappa shape index (κ2) is 10.2. The number of tetrazole rings is 1. The molecule has 3 rings (SSSR count). The van der Waals surface area contributed by atoms with Crippen LogP contribution >= 0.6 is 11.8 Å². The fourth-order valence-corrected chi connectivity index (χ4v) is 3.65. The van der Waals surface area contributed by atoms with Crippen LogP contribution in [0.3, 0.4) is 0 Å². The van der Waals surface area contributed by atoms with E-state index in [-0.39, 0.29) is 24.0 Å². The van der Waals surface area contributed by atoms with E-state index in [0.29, 0.717) is 10.7 Å². The van der Waals surface area contributed by atoms with Crippen LogP contribution in [0.4, 0.5) is 4.39 Å².